The van der Waals surface area contributed by atoms with Crippen molar-refractivity contribution in [1.82, 2.24) is 10.3 Å². The van der Waals surface area contributed by atoms with E-state index in [9.17, 15) is 4.79 Å². The van der Waals surface area contributed by atoms with Gasteiger partial charge in [0, 0.05) is 23.3 Å². The summed E-state index contributed by atoms with van der Waals surface area (Å²) < 4.78 is 11.2. The van der Waals surface area contributed by atoms with E-state index in [0.29, 0.717) is 13.0 Å². The van der Waals surface area contributed by atoms with Gasteiger partial charge in [-0.05, 0) is 76.0 Å². The number of methoxy groups -OCH3 is 1. The summed E-state index contributed by atoms with van der Waals surface area (Å²) in [5, 5.41) is 13.3. The van der Waals surface area contributed by atoms with Crippen LogP contribution in [-0.4, -0.2) is 42.9 Å². The Morgan fingerprint density at radius 3 is 2.55 bits per heavy atom. The quantitative estimate of drug-likeness (QED) is 0.316. The number of ether oxygens (including phenoxy) is 2. The van der Waals surface area contributed by atoms with Crippen molar-refractivity contribution in [2.45, 2.75) is 45.1 Å². The van der Waals surface area contributed by atoms with Crippen LogP contribution >= 0.6 is 0 Å². The summed E-state index contributed by atoms with van der Waals surface area (Å²) in [7, 11) is 1.43. The highest BCUT2D eigenvalue weighted by atomic mass is 16.5. The van der Waals surface area contributed by atoms with E-state index in [4.69, 9.17) is 14.6 Å². The monoisotopic (exact) mass is 450 g/mol. The third-order valence-electron chi connectivity index (χ3n) is 5.99. The number of nitrogens with one attached hydrogen (secondary N) is 1. The van der Waals surface area contributed by atoms with Crippen molar-refractivity contribution >= 4 is 16.9 Å². The Balaban J connectivity index is 1.67. The van der Waals surface area contributed by atoms with Crippen LogP contribution in [0.25, 0.3) is 10.9 Å². The molecule has 6 heteroatoms. The summed E-state index contributed by atoms with van der Waals surface area (Å²) in [4.78, 5) is 17.2. The number of rotatable bonds is 12. The summed E-state index contributed by atoms with van der Waals surface area (Å²) in [5.41, 5.74) is 3.19. The zero-order valence-electron chi connectivity index (χ0n) is 19.8. The van der Waals surface area contributed by atoms with Gasteiger partial charge in [0.05, 0.1) is 18.0 Å². The topological polar surface area (TPSA) is 80.7 Å². The molecule has 1 unspecified atom stereocenters. The fourth-order valence-corrected chi connectivity index (χ4v) is 4.08. The second-order valence-electron chi connectivity index (χ2n) is 8.51. The zero-order chi connectivity index (χ0) is 23.7. The standard InChI is InChI=1S/C27H34N2O4/c1-20-18-21(24-8-4-5-9-25(24)29-20)19-33-23-12-10-22(11-13-23)27(2,26(31)32-3)14-6-15-28-16-7-17-30/h4-5,8-13,18,28,30H,6-7,14-17,19H2,1-3H3. The second-order valence-corrected chi connectivity index (χ2v) is 8.51. The van der Waals surface area contributed by atoms with E-state index in [1.54, 1.807) is 0 Å². The van der Waals surface area contributed by atoms with Gasteiger partial charge in [-0.1, -0.05) is 30.3 Å². The van der Waals surface area contributed by atoms with Crippen LogP contribution in [0.4, 0.5) is 0 Å². The van der Waals surface area contributed by atoms with E-state index in [-0.39, 0.29) is 12.6 Å². The Labute approximate surface area is 196 Å². The van der Waals surface area contributed by atoms with E-state index < -0.39 is 5.41 Å². The highest BCUT2D eigenvalue weighted by Crippen LogP contribution is 2.32. The Morgan fingerprint density at radius 2 is 1.82 bits per heavy atom. The lowest BCUT2D eigenvalue weighted by Gasteiger charge is -2.27. The molecule has 0 aliphatic carbocycles. The van der Waals surface area contributed by atoms with Crippen molar-refractivity contribution in [3.05, 3.63) is 71.4 Å². The summed E-state index contributed by atoms with van der Waals surface area (Å²) in [6.07, 6.45) is 2.21. The zero-order valence-corrected chi connectivity index (χ0v) is 19.8. The van der Waals surface area contributed by atoms with E-state index in [1.165, 1.54) is 7.11 Å². The lowest BCUT2D eigenvalue weighted by Crippen LogP contribution is -2.34. The van der Waals surface area contributed by atoms with Gasteiger partial charge in [-0.15, -0.1) is 0 Å². The van der Waals surface area contributed by atoms with E-state index >= 15 is 0 Å². The molecule has 1 aromatic heterocycles. The van der Waals surface area contributed by atoms with E-state index in [0.717, 1.165) is 59.4 Å². The van der Waals surface area contributed by atoms with Gasteiger partial charge in [0.2, 0.25) is 0 Å². The first kappa shape index (κ1) is 24.7. The predicted molar refractivity (Wildman–Crippen MR) is 130 cm³/mol. The van der Waals surface area contributed by atoms with Crippen LogP contribution < -0.4 is 10.1 Å². The van der Waals surface area contributed by atoms with Crippen molar-refractivity contribution in [2.24, 2.45) is 0 Å². The number of benzene rings is 2. The van der Waals surface area contributed by atoms with Crippen LogP contribution in [0.2, 0.25) is 0 Å². The maximum Gasteiger partial charge on any atom is 0.315 e. The fraction of sp³-hybridized carbons (Fsp3) is 0.407. The number of fused-ring (bicyclic) bond motifs is 1. The average molecular weight is 451 g/mol. The van der Waals surface area contributed by atoms with Gasteiger partial charge in [-0.25, -0.2) is 0 Å². The molecule has 6 nitrogen and oxygen atoms in total. The molecule has 0 radical (unpaired) electrons. The van der Waals surface area contributed by atoms with Gasteiger partial charge in [0.15, 0.2) is 0 Å². The summed E-state index contributed by atoms with van der Waals surface area (Å²) in [6, 6.07) is 17.8. The number of aromatic nitrogens is 1. The number of para-hydroxylation sites is 1. The number of aliphatic hydroxyl groups is 1. The normalized spacial score (nSPS) is 13.0. The van der Waals surface area contributed by atoms with E-state index in [1.807, 2.05) is 56.3 Å². The molecular formula is C27H34N2O4. The lowest BCUT2D eigenvalue weighted by atomic mass is 9.78. The molecule has 1 heterocycles. The molecule has 0 saturated carbocycles. The van der Waals surface area contributed by atoms with Gasteiger partial charge in [-0.3, -0.25) is 9.78 Å². The molecule has 3 aromatic rings. The number of aliphatic hydroxyl groups excluding tert-OH is 1. The number of nitrogens with zero attached hydrogens (tertiary/aromatic N) is 1. The molecule has 0 amide bonds. The molecule has 0 aliphatic heterocycles. The third-order valence-corrected chi connectivity index (χ3v) is 5.99. The third kappa shape index (κ3) is 6.30. The average Bonchev–Trinajstić information content (AvgIpc) is 2.84. The number of hydrogen-bond acceptors (Lipinski definition) is 6. The Bertz CT molecular complexity index is 1050. The lowest BCUT2D eigenvalue weighted by molar-refractivity contribution is -0.147. The molecule has 33 heavy (non-hydrogen) atoms. The Kier molecular flexibility index (Phi) is 8.80. The van der Waals surface area contributed by atoms with Gasteiger partial charge in [0.25, 0.3) is 0 Å². The first-order valence-electron chi connectivity index (χ1n) is 11.5. The molecule has 176 valence electrons. The molecule has 0 bridgehead atoms. The largest absolute Gasteiger partial charge is 0.489 e. The highest BCUT2D eigenvalue weighted by Gasteiger charge is 2.35. The molecule has 2 N–H and O–H groups in total. The summed E-state index contributed by atoms with van der Waals surface area (Å²) >= 11 is 0. The number of pyridine rings is 1. The SMILES string of the molecule is COC(=O)C(C)(CCCNCCCO)c1ccc(OCc2cc(C)nc3ccccc23)cc1. The first-order chi connectivity index (χ1) is 16.0. The van der Waals surface area contributed by atoms with Gasteiger partial charge >= 0.3 is 5.97 Å². The van der Waals surface area contributed by atoms with Crippen LogP contribution in [0.15, 0.2) is 54.6 Å². The van der Waals surface area contributed by atoms with Crippen LogP contribution in [0.1, 0.15) is 43.0 Å². The molecule has 0 aliphatic rings. The van der Waals surface area contributed by atoms with Crippen molar-refractivity contribution in [3.63, 3.8) is 0 Å². The molecule has 0 spiro atoms. The molecule has 3 rings (SSSR count). The number of aryl methyl sites for hydroxylation is 1. The predicted octanol–water partition coefficient (Wildman–Crippen LogP) is 4.31. The molecule has 1 atom stereocenters. The minimum Gasteiger partial charge on any atom is -0.489 e. The maximum absolute atomic E-state index is 12.6. The summed E-state index contributed by atoms with van der Waals surface area (Å²) in [6.45, 7) is 6.08. The number of carbonyl (C=O) groups excluding carboxylic acids is 1. The molecule has 0 fully saturated rings. The van der Waals surface area contributed by atoms with Crippen LogP contribution in [0, 0.1) is 6.92 Å². The van der Waals surface area contributed by atoms with Gasteiger partial charge < -0.3 is 19.9 Å². The minimum absolute atomic E-state index is 0.179. The van der Waals surface area contributed by atoms with Crippen molar-refractivity contribution < 1.29 is 19.4 Å². The minimum atomic E-state index is -0.732. The molecule has 2 aromatic carbocycles. The van der Waals surface area contributed by atoms with Gasteiger partial charge in [-0.2, -0.15) is 0 Å². The summed E-state index contributed by atoms with van der Waals surface area (Å²) in [5.74, 6) is 0.500. The fourth-order valence-electron chi connectivity index (χ4n) is 4.08. The van der Waals surface area contributed by atoms with E-state index in [2.05, 4.69) is 22.4 Å². The van der Waals surface area contributed by atoms with Crippen LogP contribution in [0.5, 0.6) is 5.75 Å². The number of esters is 1. The highest BCUT2D eigenvalue weighted by molar-refractivity contribution is 5.83. The van der Waals surface area contributed by atoms with Crippen molar-refractivity contribution in [1.29, 1.82) is 0 Å². The molecule has 0 saturated heterocycles. The van der Waals surface area contributed by atoms with Crippen LogP contribution in [0.3, 0.4) is 0 Å². The second kappa shape index (κ2) is 11.8. The number of carbonyl (C=O) groups is 1. The maximum atomic E-state index is 12.6. The van der Waals surface area contributed by atoms with Crippen molar-refractivity contribution in [3.8, 4) is 5.75 Å². The first-order valence-corrected chi connectivity index (χ1v) is 11.5. The van der Waals surface area contributed by atoms with Crippen LogP contribution in [-0.2, 0) is 21.6 Å². The Morgan fingerprint density at radius 1 is 1.09 bits per heavy atom. The number of hydrogen-bond donors (Lipinski definition) is 2. The molecular weight excluding hydrogens is 416 g/mol. The van der Waals surface area contributed by atoms with Gasteiger partial charge in [0.1, 0.15) is 12.4 Å². The van der Waals surface area contributed by atoms with Crippen molar-refractivity contribution in [2.75, 3.05) is 26.8 Å². The smallest absolute Gasteiger partial charge is 0.315 e. The Hall–Kier alpha value is -2.96.